The number of piperidine rings is 1. The lowest BCUT2D eigenvalue weighted by Crippen LogP contribution is -2.50. The van der Waals surface area contributed by atoms with Crippen molar-refractivity contribution in [2.75, 3.05) is 45.6 Å². The van der Waals surface area contributed by atoms with Crippen molar-refractivity contribution in [2.24, 2.45) is 5.41 Å². The largest absolute Gasteiger partial charge is 0.383 e. The van der Waals surface area contributed by atoms with Gasteiger partial charge >= 0.3 is 0 Å². The van der Waals surface area contributed by atoms with E-state index in [4.69, 9.17) is 10.5 Å². The Bertz CT molecular complexity index is 565. The Kier molecular flexibility index (Phi) is 4.82. The molecule has 2 saturated heterocycles. The number of rotatable bonds is 5. The van der Waals surface area contributed by atoms with Crippen LogP contribution in [-0.4, -0.2) is 60.6 Å². The van der Waals surface area contributed by atoms with Crippen molar-refractivity contribution >= 4 is 11.7 Å². The van der Waals surface area contributed by atoms with Gasteiger partial charge in [-0.3, -0.25) is 9.69 Å². The topological polar surface area (TPSA) is 71.7 Å². The summed E-state index contributed by atoms with van der Waals surface area (Å²) in [6, 6.07) is 3.93. The highest BCUT2D eigenvalue weighted by Crippen LogP contribution is 2.40. The zero-order valence-corrected chi connectivity index (χ0v) is 13.8. The number of likely N-dealkylation sites (tertiary alicyclic amines) is 2. The number of amides is 1. The predicted octanol–water partition coefficient (Wildman–Crippen LogP) is 1.12. The van der Waals surface area contributed by atoms with Gasteiger partial charge in [-0.25, -0.2) is 4.98 Å². The highest BCUT2D eigenvalue weighted by Gasteiger charge is 2.48. The molecule has 2 aliphatic rings. The van der Waals surface area contributed by atoms with Crippen molar-refractivity contribution in [2.45, 2.75) is 25.8 Å². The summed E-state index contributed by atoms with van der Waals surface area (Å²) in [5, 5.41) is 0. The molecule has 1 atom stereocenters. The Morgan fingerprint density at radius 3 is 3.04 bits per heavy atom. The van der Waals surface area contributed by atoms with Crippen molar-refractivity contribution in [1.82, 2.24) is 14.8 Å². The first-order valence-electron chi connectivity index (χ1n) is 8.35. The van der Waals surface area contributed by atoms with E-state index < -0.39 is 0 Å². The summed E-state index contributed by atoms with van der Waals surface area (Å²) in [5.41, 5.74) is 6.79. The second kappa shape index (κ2) is 6.84. The number of methoxy groups -OCH3 is 1. The van der Waals surface area contributed by atoms with Crippen LogP contribution in [0.3, 0.4) is 0 Å². The van der Waals surface area contributed by atoms with Gasteiger partial charge in [0.15, 0.2) is 0 Å². The van der Waals surface area contributed by atoms with Crippen LogP contribution in [0.2, 0.25) is 0 Å². The molecule has 0 aromatic carbocycles. The number of aromatic nitrogens is 1. The molecule has 2 N–H and O–H groups in total. The molecule has 0 bridgehead atoms. The number of nitrogens with zero attached hydrogens (tertiary/aromatic N) is 3. The minimum Gasteiger partial charge on any atom is -0.383 e. The molecule has 126 valence electrons. The Hall–Kier alpha value is -1.66. The van der Waals surface area contributed by atoms with E-state index in [0.29, 0.717) is 24.9 Å². The van der Waals surface area contributed by atoms with Crippen LogP contribution in [0.15, 0.2) is 18.3 Å². The first-order chi connectivity index (χ1) is 11.1. The fourth-order valence-electron chi connectivity index (χ4n) is 3.86. The monoisotopic (exact) mass is 318 g/mol. The Labute approximate surface area is 137 Å². The van der Waals surface area contributed by atoms with Crippen molar-refractivity contribution in [3.8, 4) is 0 Å². The van der Waals surface area contributed by atoms with E-state index in [0.717, 1.165) is 51.0 Å². The highest BCUT2D eigenvalue weighted by molar-refractivity contribution is 5.84. The van der Waals surface area contributed by atoms with Crippen LogP contribution in [0.25, 0.3) is 0 Å². The van der Waals surface area contributed by atoms with E-state index in [9.17, 15) is 4.79 Å². The van der Waals surface area contributed by atoms with Crippen LogP contribution < -0.4 is 5.73 Å². The third-order valence-electron chi connectivity index (χ3n) is 5.14. The summed E-state index contributed by atoms with van der Waals surface area (Å²) in [6.45, 7) is 4.71. The van der Waals surface area contributed by atoms with Crippen molar-refractivity contribution in [3.05, 3.63) is 23.9 Å². The molecule has 1 aromatic heterocycles. The molecule has 3 rings (SSSR count). The Morgan fingerprint density at radius 1 is 1.39 bits per heavy atom. The van der Waals surface area contributed by atoms with Gasteiger partial charge in [-0.2, -0.15) is 0 Å². The number of ether oxygens (including phenoxy) is 1. The molecule has 6 nitrogen and oxygen atoms in total. The van der Waals surface area contributed by atoms with Gasteiger partial charge in [0, 0.05) is 45.0 Å². The van der Waals surface area contributed by atoms with E-state index in [1.54, 1.807) is 13.3 Å². The molecule has 3 heterocycles. The van der Waals surface area contributed by atoms with Gasteiger partial charge in [-0.05, 0) is 31.9 Å². The number of carbonyl (C=O) groups is 1. The number of nitrogen functional groups attached to an aromatic ring is 1. The van der Waals surface area contributed by atoms with Crippen LogP contribution in [0.1, 0.15) is 24.8 Å². The molecule has 0 radical (unpaired) electrons. The van der Waals surface area contributed by atoms with E-state index in [2.05, 4.69) is 9.88 Å². The van der Waals surface area contributed by atoms with E-state index in [-0.39, 0.29) is 5.41 Å². The lowest BCUT2D eigenvalue weighted by Gasteiger charge is -2.39. The molecular weight excluding hydrogens is 292 g/mol. The average molecular weight is 318 g/mol. The van der Waals surface area contributed by atoms with Gasteiger partial charge in [-0.15, -0.1) is 0 Å². The Morgan fingerprint density at radius 2 is 2.26 bits per heavy atom. The van der Waals surface area contributed by atoms with E-state index in [1.165, 1.54) is 0 Å². The molecule has 23 heavy (non-hydrogen) atoms. The Balaban J connectivity index is 1.65. The van der Waals surface area contributed by atoms with Crippen LogP contribution in [0.5, 0.6) is 0 Å². The number of carbonyl (C=O) groups excluding carboxylic acids is 1. The van der Waals surface area contributed by atoms with Crippen LogP contribution in [0, 0.1) is 5.41 Å². The second-order valence-corrected chi connectivity index (χ2v) is 6.68. The third-order valence-corrected chi connectivity index (χ3v) is 5.14. The molecule has 0 aliphatic carbocycles. The van der Waals surface area contributed by atoms with Crippen molar-refractivity contribution in [1.29, 1.82) is 0 Å². The first kappa shape index (κ1) is 16.2. The van der Waals surface area contributed by atoms with Gasteiger partial charge in [0.1, 0.15) is 5.82 Å². The third kappa shape index (κ3) is 3.33. The normalized spacial score (nSPS) is 25.4. The lowest BCUT2D eigenvalue weighted by molar-refractivity contribution is -0.146. The number of anilines is 1. The summed E-state index contributed by atoms with van der Waals surface area (Å²) in [4.78, 5) is 21.4. The van der Waals surface area contributed by atoms with Crippen molar-refractivity contribution < 1.29 is 9.53 Å². The first-order valence-corrected chi connectivity index (χ1v) is 8.35. The molecule has 2 fully saturated rings. The molecule has 1 aromatic rings. The van der Waals surface area contributed by atoms with Crippen LogP contribution >= 0.6 is 0 Å². The maximum Gasteiger partial charge on any atom is 0.230 e. The molecular formula is C17H26N4O2. The maximum atomic E-state index is 12.9. The number of nitrogens with two attached hydrogens (primary N) is 1. The molecule has 1 spiro atoms. The van der Waals surface area contributed by atoms with Gasteiger partial charge in [0.25, 0.3) is 0 Å². The zero-order chi connectivity index (χ0) is 16.3. The molecule has 0 unspecified atom stereocenters. The summed E-state index contributed by atoms with van der Waals surface area (Å²) in [6.07, 6.45) is 4.73. The van der Waals surface area contributed by atoms with E-state index in [1.807, 2.05) is 17.0 Å². The predicted molar refractivity (Wildman–Crippen MR) is 88.7 cm³/mol. The van der Waals surface area contributed by atoms with Crippen LogP contribution in [0.4, 0.5) is 5.82 Å². The summed E-state index contributed by atoms with van der Waals surface area (Å²) < 4.78 is 5.13. The quantitative estimate of drug-likeness (QED) is 0.881. The number of pyridine rings is 1. The SMILES string of the molecule is COCCN1CCC[C@]2(CCN(Cc3cccnc3N)C2)C1=O. The average Bonchev–Trinajstić information content (AvgIpc) is 2.95. The van der Waals surface area contributed by atoms with Gasteiger partial charge < -0.3 is 15.4 Å². The maximum absolute atomic E-state index is 12.9. The molecule has 1 amide bonds. The highest BCUT2D eigenvalue weighted by atomic mass is 16.5. The summed E-state index contributed by atoms with van der Waals surface area (Å²) in [7, 11) is 1.68. The summed E-state index contributed by atoms with van der Waals surface area (Å²) >= 11 is 0. The number of hydrogen-bond donors (Lipinski definition) is 1. The van der Waals surface area contributed by atoms with Gasteiger partial charge in [0.05, 0.1) is 12.0 Å². The standard InChI is InChI=1S/C17H26N4O2/c1-23-11-10-21-8-3-5-17(16(21)22)6-9-20(13-17)12-14-4-2-7-19-15(14)18/h2,4,7H,3,5-6,8-13H2,1H3,(H2,18,19)/t17-/m1/s1. The molecule has 2 aliphatic heterocycles. The smallest absolute Gasteiger partial charge is 0.230 e. The van der Waals surface area contributed by atoms with E-state index >= 15 is 0 Å². The molecule has 6 heteroatoms. The van der Waals surface area contributed by atoms with Gasteiger partial charge in [-0.1, -0.05) is 6.07 Å². The van der Waals surface area contributed by atoms with Gasteiger partial charge in [0.2, 0.25) is 5.91 Å². The molecule has 0 saturated carbocycles. The minimum atomic E-state index is -0.205. The minimum absolute atomic E-state index is 0.205. The fraction of sp³-hybridized carbons (Fsp3) is 0.647. The lowest BCUT2D eigenvalue weighted by atomic mass is 9.78. The fourth-order valence-corrected chi connectivity index (χ4v) is 3.86. The van der Waals surface area contributed by atoms with Crippen LogP contribution in [-0.2, 0) is 16.1 Å². The summed E-state index contributed by atoms with van der Waals surface area (Å²) in [5.74, 6) is 0.896. The number of hydrogen-bond acceptors (Lipinski definition) is 5. The zero-order valence-electron chi connectivity index (χ0n) is 13.8. The second-order valence-electron chi connectivity index (χ2n) is 6.68. The van der Waals surface area contributed by atoms with Crippen molar-refractivity contribution in [3.63, 3.8) is 0 Å².